The molecule has 1 saturated carbocycles. The molecule has 2 aromatic rings. The molecular weight excluding hydrogens is 350 g/mol. The molecule has 8 heteroatoms. The minimum Gasteiger partial charge on any atom is -0.314 e. The molecule has 3 rings (SSSR count). The molecule has 2 aromatic heterocycles. The van der Waals surface area contributed by atoms with E-state index < -0.39 is 5.91 Å². The predicted octanol–water partition coefficient (Wildman–Crippen LogP) is 2.09. The van der Waals surface area contributed by atoms with E-state index in [1.165, 1.54) is 17.1 Å². The molecule has 7 nitrogen and oxygen atoms in total. The Balaban J connectivity index is 1.83. The van der Waals surface area contributed by atoms with Crippen LogP contribution in [0.2, 0.25) is 0 Å². The Bertz CT molecular complexity index is 791. The van der Waals surface area contributed by atoms with Crippen molar-refractivity contribution in [1.29, 1.82) is 0 Å². The smallest absolute Gasteiger partial charge is 0.263 e. The number of hydrogen-bond acceptors (Lipinski definition) is 4. The molecule has 0 atom stereocenters. The summed E-state index contributed by atoms with van der Waals surface area (Å²) < 4.78 is 2.13. The number of nitrogens with one attached hydrogen (secondary N) is 2. The second kappa shape index (κ2) is 5.68. The second-order valence-corrected chi connectivity index (χ2v) is 6.34. The molecule has 2 N–H and O–H groups in total. The van der Waals surface area contributed by atoms with Crippen molar-refractivity contribution in [2.45, 2.75) is 32.1 Å². The highest BCUT2D eigenvalue weighted by Gasteiger charge is 2.24. The maximum atomic E-state index is 12.3. The average Bonchev–Trinajstić information content (AvgIpc) is 2.86. The van der Waals surface area contributed by atoms with Gasteiger partial charge >= 0.3 is 0 Å². The zero-order chi connectivity index (χ0) is 15.9. The van der Waals surface area contributed by atoms with Crippen molar-refractivity contribution in [3.63, 3.8) is 0 Å². The van der Waals surface area contributed by atoms with Crippen molar-refractivity contribution in [3.8, 4) is 0 Å². The highest BCUT2D eigenvalue weighted by molar-refractivity contribution is 9.10. The summed E-state index contributed by atoms with van der Waals surface area (Å²) in [5.41, 5.74) is 0.453. The number of pyridine rings is 1. The van der Waals surface area contributed by atoms with Crippen molar-refractivity contribution >= 4 is 27.8 Å². The van der Waals surface area contributed by atoms with E-state index in [-0.39, 0.29) is 17.1 Å². The summed E-state index contributed by atoms with van der Waals surface area (Å²) in [5, 5.41) is 9.40. The molecule has 1 fully saturated rings. The van der Waals surface area contributed by atoms with Gasteiger partial charge in [-0.2, -0.15) is 4.98 Å². The molecule has 2 heterocycles. The molecule has 0 radical (unpaired) electrons. The van der Waals surface area contributed by atoms with Crippen LogP contribution in [0.15, 0.2) is 15.3 Å². The van der Waals surface area contributed by atoms with Gasteiger partial charge in [-0.05, 0) is 41.8 Å². The first-order chi connectivity index (χ1) is 10.5. The molecule has 0 aromatic carbocycles. The topological polar surface area (TPSA) is 92.7 Å². The molecule has 0 spiro atoms. The molecular formula is C14H16BrN5O2. The van der Waals surface area contributed by atoms with Crippen LogP contribution in [0.4, 0.5) is 5.95 Å². The Morgan fingerprint density at radius 2 is 2.23 bits per heavy atom. The minimum atomic E-state index is -0.513. The number of aromatic nitrogens is 4. The number of halogens is 1. The van der Waals surface area contributed by atoms with Gasteiger partial charge in [0, 0.05) is 23.1 Å². The second-order valence-electron chi connectivity index (χ2n) is 5.48. The highest BCUT2D eigenvalue weighted by atomic mass is 79.9. The first-order valence-electron chi connectivity index (χ1n) is 7.07. The number of anilines is 1. The van der Waals surface area contributed by atoms with E-state index >= 15 is 0 Å². The van der Waals surface area contributed by atoms with E-state index in [1.54, 1.807) is 14.0 Å². The van der Waals surface area contributed by atoms with E-state index in [0.717, 1.165) is 24.4 Å². The van der Waals surface area contributed by atoms with Crippen LogP contribution < -0.4 is 10.9 Å². The quantitative estimate of drug-likeness (QED) is 0.870. The van der Waals surface area contributed by atoms with Crippen molar-refractivity contribution in [2.24, 2.45) is 7.05 Å². The zero-order valence-electron chi connectivity index (χ0n) is 12.3. The van der Waals surface area contributed by atoms with Crippen molar-refractivity contribution in [1.82, 2.24) is 19.7 Å². The summed E-state index contributed by atoms with van der Waals surface area (Å²) in [6.45, 7) is 1.80. The number of nitrogens with zero attached hydrogens (tertiary/aromatic N) is 3. The number of carbonyl (C=O) groups is 1. The Morgan fingerprint density at radius 3 is 2.86 bits per heavy atom. The van der Waals surface area contributed by atoms with Gasteiger partial charge in [0.25, 0.3) is 11.5 Å². The van der Waals surface area contributed by atoms with Gasteiger partial charge in [-0.3, -0.25) is 20.0 Å². The number of H-pyrrole nitrogens is 1. The monoisotopic (exact) mass is 365 g/mol. The number of amides is 1. The molecule has 0 unspecified atom stereocenters. The van der Waals surface area contributed by atoms with Crippen molar-refractivity contribution < 1.29 is 4.79 Å². The molecule has 0 aliphatic heterocycles. The van der Waals surface area contributed by atoms with Gasteiger partial charge in [0.2, 0.25) is 5.95 Å². The van der Waals surface area contributed by atoms with E-state index in [4.69, 9.17) is 0 Å². The van der Waals surface area contributed by atoms with Crippen LogP contribution in [0, 0.1) is 6.92 Å². The van der Waals surface area contributed by atoms with Crippen LogP contribution in [0.1, 0.15) is 47.1 Å². The first-order valence-corrected chi connectivity index (χ1v) is 7.86. The normalized spacial score (nSPS) is 14.7. The lowest BCUT2D eigenvalue weighted by Gasteiger charge is -2.22. The average molecular weight is 366 g/mol. The van der Waals surface area contributed by atoms with E-state index in [2.05, 4.69) is 36.4 Å². The van der Waals surface area contributed by atoms with Crippen LogP contribution in [0.5, 0.6) is 0 Å². The Kier molecular flexibility index (Phi) is 3.86. The summed E-state index contributed by atoms with van der Waals surface area (Å²) in [4.78, 5) is 28.7. The SMILES string of the molecule is Cc1c(Br)cc(C(=O)Nc2n[nH]c(C3CCC3)n2)c(=O)n1C. The summed E-state index contributed by atoms with van der Waals surface area (Å²) in [6.07, 6.45) is 3.38. The van der Waals surface area contributed by atoms with Crippen LogP contribution in [-0.4, -0.2) is 25.7 Å². The predicted molar refractivity (Wildman–Crippen MR) is 85.0 cm³/mol. The van der Waals surface area contributed by atoms with Gasteiger partial charge in [0.15, 0.2) is 0 Å². The maximum absolute atomic E-state index is 12.3. The lowest BCUT2D eigenvalue weighted by molar-refractivity contribution is 0.102. The fourth-order valence-corrected chi connectivity index (χ4v) is 2.81. The van der Waals surface area contributed by atoms with E-state index in [9.17, 15) is 9.59 Å². The van der Waals surface area contributed by atoms with Crippen molar-refractivity contribution in [2.75, 3.05) is 5.32 Å². The molecule has 22 heavy (non-hydrogen) atoms. The van der Waals surface area contributed by atoms with Gasteiger partial charge in [0.1, 0.15) is 11.4 Å². The minimum absolute atomic E-state index is 0.0509. The molecule has 0 bridgehead atoms. The zero-order valence-corrected chi connectivity index (χ0v) is 13.9. The highest BCUT2D eigenvalue weighted by Crippen LogP contribution is 2.34. The molecule has 1 aliphatic rings. The van der Waals surface area contributed by atoms with Crippen molar-refractivity contribution in [3.05, 3.63) is 38.0 Å². The molecule has 116 valence electrons. The van der Waals surface area contributed by atoms with Crippen LogP contribution in [0.25, 0.3) is 0 Å². The third-order valence-electron chi connectivity index (χ3n) is 4.12. The molecule has 1 amide bonds. The number of rotatable bonds is 3. The van der Waals surface area contributed by atoms with Gasteiger partial charge in [-0.25, -0.2) is 0 Å². The third-order valence-corrected chi connectivity index (χ3v) is 4.92. The first kappa shape index (κ1) is 15.0. The van der Waals surface area contributed by atoms with E-state index in [1.807, 2.05) is 0 Å². The molecule has 1 aliphatic carbocycles. The summed E-state index contributed by atoms with van der Waals surface area (Å²) in [5.74, 6) is 0.880. The third kappa shape index (κ3) is 2.58. The maximum Gasteiger partial charge on any atom is 0.263 e. The van der Waals surface area contributed by atoms with Gasteiger partial charge < -0.3 is 4.57 Å². The number of aromatic amines is 1. The van der Waals surface area contributed by atoms with Gasteiger partial charge in [0.05, 0.1) is 0 Å². The number of carbonyl (C=O) groups excluding carboxylic acids is 1. The fourth-order valence-electron chi connectivity index (χ4n) is 2.31. The largest absolute Gasteiger partial charge is 0.314 e. The summed E-state index contributed by atoms with van der Waals surface area (Å²) >= 11 is 3.35. The van der Waals surface area contributed by atoms with Crippen LogP contribution >= 0.6 is 15.9 Å². The summed E-state index contributed by atoms with van der Waals surface area (Å²) in [7, 11) is 1.63. The lowest BCUT2D eigenvalue weighted by atomic mass is 9.85. The molecule has 0 saturated heterocycles. The van der Waals surface area contributed by atoms with Gasteiger partial charge in [-0.15, -0.1) is 5.10 Å². The lowest BCUT2D eigenvalue weighted by Crippen LogP contribution is -2.29. The van der Waals surface area contributed by atoms with Gasteiger partial charge in [-0.1, -0.05) is 6.42 Å². The fraction of sp³-hybridized carbons (Fsp3) is 0.429. The van der Waals surface area contributed by atoms with Crippen LogP contribution in [-0.2, 0) is 7.05 Å². The standard InChI is InChI=1S/C14H16BrN5O2/c1-7-10(15)6-9(13(22)20(7)2)12(21)17-14-16-11(18-19-14)8-4-3-5-8/h6,8H,3-5H2,1-2H3,(H2,16,17,18,19,21). The Labute approximate surface area is 135 Å². The number of hydrogen-bond donors (Lipinski definition) is 2. The van der Waals surface area contributed by atoms with Crippen LogP contribution in [0.3, 0.4) is 0 Å². The summed E-state index contributed by atoms with van der Waals surface area (Å²) in [6, 6.07) is 1.52. The Hall–Kier alpha value is -1.96. The Morgan fingerprint density at radius 1 is 1.50 bits per heavy atom. The van der Waals surface area contributed by atoms with E-state index in [0.29, 0.717) is 10.4 Å².